The molecule has 234 valence electrons. The summed E-state index contributed by atoms with van der Waals surface area (Å²) in [5, 5.41) is 1.52. The lowest BCUT2D eigenvalue weighted by molar-refractivity contribution is -0.0369. The maximum Gasteiger partial charge on any atom is 0.472 e. The molecule has 2 saturated heterocycles. The summed E-state index contributed by atoms with van der Waals surface area (Å²) in [5.74, 6) is 0.125. The lowest BCUT2D eigenvalue weighted by Gasteiger charge is -2.25. The number of aromatic nitrogens is 5. The number of aromatic amines is 1. The summed E-state index contributed by atoms with van der Waals surface area (Å²) in [6.45, 7) is -0.976. The summed E-state index contributed by atoms with van der Waals surface area (Å²) in [7, 11) is -9.64. The zero-order chi connectivity index (χ0) is 30.5. The van der Waals surface area contributed by atoms with Gasteiger partial charge in [0.1, 0.15) is 36.2 Å². The van der Waals surface area contributed by atoms with E-state index in [1.165, 1.54) is 17.5 Å². The molecule has 0 amide bonds. The first-order valence-corrected chi connectivity index (χ1v) is 15.8. The quantitative estimate of drug-likeness (QED) is 0.128. The molecule has 6 heterocycles. The van der Waals surface area contributed by atoms with Gasteiger partial charge >= 0.3 is 15.6 Å². The van der Waals surface area contributed by atoms with E-state index in [0.717, 1.165) is 0 Å². The van der Waals surface area contributed by atoms with Crippen molar-refractivity contribution in [2.75, 3.05) is 35.1 Å². The molecule has 3 aliphatic rings. The number of fused-ring (bicyclic) bond motifs is 2. The Kier molecular flexibility index (Phi) is 7.90. The second-order valence-corrected chi connectivity index (χ2v) is 12.5. The summed E-state index contributed by atoms with van der Waals surface area (Å²) >= 11 is 0. The van der Waals surface area contributed by atoms with Gasteiger partial charge in [-0.05, 0) is 18.9 Å². The molecule has 6 atom stereocenters. The molecule has 3 aromatic rings. The number of imidazole rings is 1. The highest BCUT2D eigenvalue weighted by Gasteiger charge is 2.46. The zero-order valence-corrected chi connectivity index (χ0v) is 23.8. The predicted molar refractivity (Wildman–Crippen MR) is 146 cm³/mol. The smallest absolute Gasteiger partial charge is 0.382 e. The van der Waals surface area contributed by atoms with Crippen molar-refractivity contribution in [1.82, 2.24) is 30.0 Å². The van der Waals surface area contributed by atoms with Crippen LogP contribution in [0, 0.1) is 0 Å². The first kappa shape index (κ1) is 29.9. The van der Waals surface area contributed by atoms with Crippen molar-refractivity contribution >= 4 is 50.0 Å². The molecule has 3 aliphatic heterocycles. The fourth-order valence-corrected chi connectivity index (χ4v) is 6.36. The summed E-state index contributed by atoms with van der Waals surface area (Å²) in [6, 6.07) is 1.64. The van der Waals surface area contributed by atoms with E-state index in [4.69, 9.17) is 30.0 Å². The van der Waals surface area contributed by atoms with Crippen molar-refractivity contribution in [3.8, 4) is 0 Å². The van der Waals surface area contributed by atoms with Crippen LogP contribution in [-0.4, -0.2) is 76.9 Å². The molecule has 3 aromatic heterocycles. The molecule has 0 bridgehead atoms. The highest BCUT2D eigenvalue weighted by atomic mass is 31.2. The van der Waals surface area contributed by atoms with Gasteiger partial charge in [0, 0.05) is 12.6 Å². The number of phosphoric acid groups is 2. The Morgan fingerprint density at radius 2 is 1.91 bits per heavy atom. The molecule has 10 N–H and O–H groups in total. The molecule has 21 nitrogen and oxygen atoms in total. The topological polar surface area (TPSA) is 297 Å². The van der Waals surface area contributed by atoms with E-state index in [-0.39, 0.29) is 36.0 Å². The van der Waals surface area contributed by atoms with Gasteiger partial charge in [-0.15, -0.1) is 5.53 Å². The summed E-state index contributed by atoms with van der Waals surface area (Å²) in [5.41, 5.74) is 18.1. The van der Waals surface area contributed by atoms with E-state index >= 15 is 0 Å². The number of hydrazine groups is 2. The average Bonchev–Trinajstić information content (AvgIpc) is 3.71. The van der Waals surface area contributed by atoms with Crippen molar-refractivity contribution in [3.05, 3.63) is 28.9 Å². The van der Waals surface area contributed by atoms with Gasteiger partial charge in [-0.1, -0.05) is 0 Å². The third kappa shape index (κ3) is 6.37. The third-order valence-electron chi connectivity index (χ3n) is 6.93. The fraction of sp³-hybridized carbons (Fsp3) is 0.500. The van der Waals surface area contributed by atoms with E-state index in [9.17, 15) is 28.6 Å². The number of anilines is 4. The Hall–Kier alpha value is -3.20. The van der Waals surface area contributed by atoms with Gasteiger partial charge in [0.2, 0.25) is 5.95 Å². The molecule has 23 heteroatoms. The third-order valence-corrected chi connectivity index (χ3v) is 8.43. The number of phosphoric ester groups is 2. The Bertz CT molecular complexity index is 1670. The molecule has 0 saturated carbocycles. The first-order valence-electron chi connectivity index (χ1n) is 12.8. The second-order valence-electron chi connectivity index (χ2n) is 9.82. The van der Waals surface area contributed by atoms with E-state index < -0.39 is 58.6 Å². The standard InChI is InChI=1S/C20H28N10O11P2/c21-17-15-10(3-4-23-17)30(28-27-15)14-5-11(12(40-14)7-37-42(32,33)34)41-43(35,36)38-6-9-1-2-13(39-9)29-8-24-16-18(29)25-20(22)26-19(16)31/h3-4,8-9,11-14,27-28H,1-2,5-7H2,(H2,21,23)(H,35,36)(H2,32,33,34)(H3,22,25,26,31)/t9-,11?,12+,13+,14+/m0/s1. The van der Waals surface area contributed by atoms with Crippen molar-refractivity contribution < 1.29 is 46.9 Å². The van der Waals surface area contributed by atoms with Gasteiger partial charge in [0.25, 0.3) is 5.56 Å². The van der Waals surface area contributed by atoms with Crippen LogP contribution >= 0.6 is 15.6 Å². The Morgan fingerprint density at radius 1 is 1.09 bits per heavy atom. The van der Waals surface area contributed by atoms with Gasteiger partial charge in [0.05, 0.1) is 31.3 Å². The molecule has 6 rings (SSSR count). The van der Waals surface area contributed by atoms with E-state index in [2.05, 4.69) is 35.4 Å². The van der Waals surface area contributed by atoms with Crippen LogP contribution in [0.4, 0.5) is 23.1 Å². The maximum absolute atomic E-state index is 13.0. The number of H-pyrrole nitrogens is 1. The van der Waals surface area contributed by atoms with E-state index in [0.29, 0.717) is 24.2 Å². The molecule has 2 unspecified atom stereocenters. The number of hydrogen-bond donors (Lipinski definition) is 8. The molecule has 0 aliphatic carbocycles. The minimum absolute atomic E-state index is 0.0373. The summed E-state index contributed by atoms with van der Waals surface area (Å²) in [6.07, 6.45) is -0.678. The van der Waals surface area contributed by atoms with Gasteiger partial charge < -0.3 is 35.6 Å². The van der Waals surface area contributed by atoms with Crippen LogP contribution in [0.25, 0.3) is 11.2 Å². The van der Waals surface area contributed by atoms with Crippen LogP contribution in [-0.2, 0) is 32.2 Å². The van der Waals surface area contributed by atoms with Crippen LogP contribution in [0.2, 0.25) is 0 Å². The zero-order valence-electron chi connectivity index (χ0n) is 22.0. The highest BCUT2D eigenvalue weighted by molar-refractivity contribution is 7.47. The van der Waals surface area contributed by atoms with Crippen LogP contribution in [0.1, 0.15) is 25.5 Å². The minimum Gasteiger partial charge on any atom is -0.382 e. The van der Waals surface area contributed by atoms with Crippen molar-refractivity contribution in [2.45, 2.75) is 50.0 Å². The SMILES string of the molecule is Nc1nc2c(ncn2[C@H]2CC[C@@H](COP(=O)(O)OC3C[C@H](N4NNc5c4ccnc5N)O[C@@H]3COP(=O)(O)O)O2)c(=O)[nH]1. The first-order chi connectivity index (χ1) is 20.4. The number of nitrogens with zero attached hydrogens (tertiary/aromatic N) is 5. The number of nitrogen functional groups attached to an aromatic ring is 2. The highest BCUT2D eigenvalue weighted by Crippen LogP contribution is 2.49. The molecular formula is C20H28N10O11P2. The number of hydrogen-bond acceptors (Lipinski definition) is 16. The molecular weight excluding hydrogens is 618 g/mol. The summed E-state index contributed by atoms with van der Waals surface area (Å²) < 4.78 is 52.9. The molecule has 43 heavy (non-hydrogen) atoms. The molecule has 2 fully saturated rings. The number of nitrogens with one attached hydrogen (secondary N) is 3. The van der Waals surface area contributed by atoms with Crippen LogP contribution in [0.15, 0.2) is 23.4 Å². The van der Waals surface area contributed by atoms with Crippen molar-refractivity contribution in [2.24, 2.45) is 0 Å². The number of rotatable bonds is 10. The predicted octanol–water partition coefficient (Wildman–Crippen LogP) is -0.565. The Labute approximate surface area is 241 Å². The van der Waals surface area contributed by atoms with E-state index in [1.807, 2.05) is 0 Å². The molecule has 0 radical (unpaired) electrons. The molecule has 0 spiro atoms. The summed E-state index contributed by atoms with van der Waals surface area (Å²) in [4.78, 5) is 55.5. The maximum atomic E-state index is 13.0. The average molecular weight is 646 g/mol. The van der Waals surface area contributed by atoms with E-state index in [1.54, 1.807) is 10.6 Å². The van der Waals surface area contributed by atoms with Crippen molar-refractivity contribution in [1.29, 1.82) is 0 Å². The monoisotopic (exact) mass is 646 g/mol. The van der Waals surface area contributed by atoms with Crippen molar-refractivity contribution in [3.63, 3.8) is 0 Å². The fourth-order valence-electron chi connectivity index (χ4n) is 5.04. The second kappa shape index (κ2) is 11.4. The van der Waals surface area contributed by atoms with Gasteiger partial charge in [-0.2, -0.15) is 4.98 Å². The number of ether oxygens (including phenoxy) is 2. The van der Waals surface area contributed by atoms with Gasteiger partial charge in [-0.25, -0.2) is 19.1 Å². The number of pyridine rings is 1. The van der Waals surface area contributed by atoms with Crippen LogP contribution in [0.5, 0.6) is 0 Å². The lowest BCUT2D eigenvalue weighted by atomic mass is 10.2. The largest absolute Gasteiger partial charge is 0.472 e. The minimum atomic E-state index is -4.89. The Balaban J connectivity index is 1.09. The van der Waals surface area contributed by atoms with Gasteiger partial charge in [0.15, 0.2) is 11.2 Å². The number of nitrogens with two attached hydrogens (primary N) is 2. The normalized spacial score (nSPS) is 27.0. The molecule has 0 aromatic carbocycles. The van der Waals surface area contributed by atoms with Crippen LogP contribution in [0.3, 0.4) is 0 Å². The Morgan fingerprint density at radius 3 is 2.70 bits per heavy atom. The lowest BCUT2D eigenvalue weighted by Crippen LogP contribution is -2.44. The van der Waals surface area contributed by atoms with Crippen LogP contribution < -0.4 is 33.0 Å². The van der Waals surface area contributed by atoms with Gasteiger partial charge in [-0.3, -0.25) is 38.4 Å².